The van der Waals surface area contributed by atoms with Gasteiger partial charge in [0.15, 0.2) is 5.75 Å². The predicted octanol–water partition coefficient (Wildman–Crippen LogP) is 3.78. The Morgan fingerprint density at radius 2 is 1.89 bits per heavy atom. The van der Waals surface area contributed by atoms with Gasteiger partial charge in [-0.2, -0.15) is 13.2 Å². The highest BCUT2D eigenvalue weighted by Gasteiger charge is 2.31. The van der Waals surface area contributed by atoms with Crippen molar-refractivity contribution in [3.05, 3.63) is 47.7 Å². The van der Waals surface area contributed by atoms with Gasteiger partial charge < -0.3 is 10.5 Å². The van der Waals surface area contributed by atoms with Crippen molar-refractivity contribution in [1.29, 1.82) is 0 Å². The highest BCUT2D eigenvalue weighted by Crippen LogP contribution is 2.32. The van der Waals surface area contributed by atoms with Gasteiger partial charge in [-0.15, -0.1) is 0 Å². The van der Waals surface area contributed by atoms with Crippen LogP contribution in [0.1, 0.15) is 11.1 Å². The van der Waals surface area contributed by atoms with E-state index in [-0.39, 0.29) is 11.6 Å². The van der Waals surface area contributed by atoms with E-state index in [0.29, 0.717) is 5.69 Å². The molecule has 100 valence electrons. The lowest BCUT2D eigenvalue weighted by Crippen LogP contribution is -2.05. The second-order valence-electron chi connectivity index (χ2n) is 4.02. The second-order valence-corrected chi connectivity index (χ2v) is 4.02. The molecule has 1 heterocycles. The van der Waals surface area contributed by atoms with Crippen molar-refractivity contribution < 1.29 is 17.9 Å². The van der Waals surface area contributed by atoms with E-state index in [1.54, 1.807) is 18.2 Å². The molecule has 0 aliphatic rings. The molecule has 0 aliphatic carbocycles. The standard InChI is InChI=1S/C13H11F3N2O/c1-8-2-3-11(10(17)6-8)19-12-7-9(4-5-18-12)13(14,15)16/h2-7H,17H2,1H3. The smallest absolute Gasteiger partial charge is 0.416 e. The minimum atomic E-state index is -4.43. The zero-order valence-corrected chi connectivity index (χ0v) is 10.0. The molecule has 0 radical (unpaired) electrons. The third-order valence-electron chi connectivity index (χ3n) is 2.44. The van der Waals surface area contributed by atoms with Gasteiger partial charge in [-0.05, 0) is 30.7 Å². The Kier molecular flexibility index (Phi) is 3.33. The van der Waals surface area contributed by atoms with Crippen LogP contribution in [-0.2, 0) is 6.18 Å². The normalized spacial score (nSPS) is 11.4. The molecule has 0 unspecified atom stereocenters. The molecule has 0 amide bonds. The van der Waals surface area contributed by atoms with Crippen molar-refractivity contribution in [2.75, 3.05) is 5.73 Å². The fourth-order valence-corrected chi connectivity index (χ4v) is 1.52. The number of anilines is 1. The van der Waals surface area contributed by atoms with Gasteiger partial charge in [0.1, 0.15) is 0 Å². The largest absolute Gasteiger partial charge is 0.437 e. The van der Waals surface area contributed by atoms with Crippen LogP contribution in [0.5, 0.6) is 11.6 Å². The van der Waals surface area contributed by atoms with Crippen LogP contribution in [0.3, 0.4) is 0 Å². The van der Waals surface area contributed by atoms with Gasteiger partial charge in [0.05, 0.1) is 11.3 Å². The number of aromatic nitrogens is 1. The first-order valence-corrected chi connectivity index (χ1v) is 5.43. The van der Waals surface area contributed by atoms with Gasteiger partial charge in [0.25, 0.3) is 0 Å². The van der Waals surface area contributed by atoms with Crippen LogP contribution >= 0.6 is 0 Å². The predicted molar refractivity (Wildman–Crippen MR) is 64.9 cm³/mol. The summed E-state index contributed by atoms with van der Waals surface area (Å²) in [4.78, 5) is 3.73. The first-order chi connectivity index (χ1) is 8.86. The van der Waals surface area contributed by atoms with E-state index in [9.17, 15) is 13.2 Å². The average molecular weight is 268 g/mol. The third-order valence-corrected chi connectivity index (χ3v) is 2.44. The molecule has 1 aromatic heterocycles. The molecule has 0 fully saturated rings. The Morgan fingerprint density at radius 1 is 1.16 bits per heavy atom. The molecule has 2 N–H and O–H groups in total. The number of rotatable bonds is 2. The van der Waals surface area contributed by atoms with Crippen molar-refractivity contribution in [3.63, 3.8) is 0 Å². The Hall–Kier alpha value is -2.24. The third kappa shape index (κ3) is 3.15. The molecule has 19 heavy (non-hydrogen) atoms. The van der Waals surface area contributed by atoms with Gasteiger partial charge in [0.2, 0.25) is 5.88 Å². The first kappa shape index (κ1) is 13.2. The van der Waals surface area contributed by atoms with Crippen LogP contribution in [-0.4, -0.2) is 4.98 Å². The number of nitrogens with two attached hydrogens (primary N) is 1. The highest BCUT2D eigenvalue weighted by atomic mass is 19.4. The second kappa shape index (κ2) is 4.79. The Balaban J connectivity index is 2.29. The van der Waals surface area contributed by atoms with Crippen LogP contribution in [0.25, 0.3) is 0 Å². The summed E-state index contributed by atoms with van der Waals surface area (Å²) < 4.78 is 42.9. The summed E-state index contributed by atoms with van der Waals surface area (Å²) in [5.41, 5.74) is 6.18. The van der Waals surface area contributed by atoms with Crippen molar-refractivity contribution in [3.8, 4) is 11.6 Å². The molecule has 0 saturated carbocycles. The van der Waals surface area contributed by atoms with Crippen LogP contribution in [0.15, 0.2) is 36.5 Å². The molecule has 0 spiro atoms. The van der Waals surface area contributed by atoms with Crippen LogP contribution in [0.4, 0.5) is 18.9 Å². The van der Waals surface area contributed by atoms with Gasteiger partial charge >= 0.3 is 6.18 Å². The molecule has 2 rings (SSSR count). The summed E-state index contributed by atoms with van der Waals surface area (Å²) in [5, 5.41) is 0. The van der Waals surface area contributed by atoms with Crippen LogP contribution in [0, 0.1) is 6.92 Å². The molecule has 0 saturated heterocycles. The number of aryl methyl sites for hydroxylation is 1. The fraction of sp³-hybridized carbons (Fsp3) is 0.154. The van der Waals surface area contributed by atoms with Crippen molar-refractivity contribution >= 4 is 5.69 Å². The van der Waals surface area contributed by atoms with E-state index in [0.717, 1.165) is 23.9 Å². The van der Waals surface area contributed by atoms with E-state index in [1.807, 2.05) is 6.92 Å². The van der Waals surface area contributed by atoms with E-state index in [4.69, 9.17) is 10.5 Å². The van der Waals surface area contributed by atoms with E-state index in [2.05, 4.69) is 4.98 Å². The lowest BCUT2D eigenvalue weighted by Gasteiger charge is -2.10. The zero-order chi connectivity index (χ0) is 14.0. The quantitative estimate of drug-likeness (QED) is 0.843. The maximum atomic E-state index is 12.5. The molecular weight excluding hydrogens is 257 g/mol. The van der Waals surface area contributed by atoms with Crippen molar-refractivity contribution in [2.24, 2.45) is 0 Å². The molecule has 0 bridgehead atoms. The summed E-state index contributed by atoms with van der Waals surface area (Å²) in [5.74, 6) is 0.128. The van der Waals surface area contributed by atoms with Gasteiger partial charge in [-0.3, -0.25) is 0 Å². The zero-order valence-electron chi connectivity index (χ0n) is 10.0. The molecule has 6 heteroatoms. The van der Waals surface area contributed by atoms with E-state index < -0.39 is 11.7 Å². The maximum Gasteiger partial charge on any atom is 0.416 e. The minimum Gasteiger partial charge on any atom is -0.437 e. The number of hydrogen-bond donors (Lipinski definition) is 1. The van der Waals surface area contributed by atoms with Gasteiger partial charge in [0, 0.05) is 12.3 Å². The Bertz CT molecular complexity index is 597. The Labute approximate surface area is 107 Å². The number of pyridine rings is 1. The fourth-order valence-electron chi connectivity index (χ4n) is 1.52. The maximum absolute atomic E-state index is 12.5. The lowest BCUT2D eigenvalue weighted by molar-refractivity contribution is -0.137. The van der Waals surface area contributed by atoms with Crippen molar-refractivity contribution in [2.45, 2.75) is 13.1 Å². The summed E-state index contributed by atoms with van der Waals surface area (Å²) in [6, 6.07) is 6.72. The monoisotopic (exact) mass is 268 g/mol. The minimum absolute atomic E-state index is 0.148. The highest BCUT2D eigenvalue weighted by molar-refractivity contribution is 5.55. The van der Waals surface area contributed by atoms with Crippen molar-refractivity contribution in [1.82, 2.24) is 4.98 Å². The first-order valence-electron chi connectivity index (χ1n) is 5.43. The Morgan fingerprint density at radius 3 is 2.53 bits per heavy atom. The molecule has 1 aromatic carbocycles. The van der Waals surface area contributed by atoms with Crippen LogP contribution < -0.4 is 10.5 Å². The number of nitrogens with zero attached hydrogens (tertiary/aromatic N) is 1. The molecule has 3 nitrogen and oxygen atoms in total. The van der Waals surface area contributed by atoms with Gasteiger partial charge in [-0.1, -0.05) is 6.07 Å². The van der Waals surface area contributed by atoms with Gasteiger partial charge in [-0.25, -0.2) is 4.98 Å². The summed E-state index contributed by atoms with van der Waals surface area (Å²) in [6.45, 7) is 1.85. The number of hydrogen-bond acceptors (Lipinski definition) is 3. The lowest BCUT2D eigenvalue weighted by atomic mass is 10.2. The summed E-state index contributed by atoms with van der Waals surface area (Å²) in [7, 11) is 0. The van der Waals surface area contributed by atoms with Crippen LogP contribution in [0.2, 0.25) is 0 Å². The number of nitrogen functional groups attached to an aromatic ring is 1. The molecule has 0 aliphatic heterocycles. The number of benzene rings is 1. The number of halogens is 3. The SMILES string of the molecule is Cc1ccc(Oc2cc(C(F)(F)F)ccn2)c(N)c1. The average Bonchev–Trinajstić information content (AvgIpc) is 2.32. The molecule has 0 atom stereocenters. The van der Waals surface area contributed by atoms with E-state index >= 15 is 0 Å². The summed E-state index contributed by atoms with van der Waals surface area (Å²) in [6.07, 6.45) is -3.39. The topological polar surface area (TPSA) is 48.1 Å². The number of ether oxygens (including phenoxy) is 1. The molecule has 2 aromatic rings. The van der Waals surface area contributed by atoms with E-state index in [1.165, 1.54) is 0 Å². The summed E-state index contributed by atoms with van der Waals surface area (Å²) >= 11 is 0. The number of alkyl halides is 3. The molecular formula is C13H11F3N2O.